The molecule has 0 unspecified atom stereocenters. The molecule has 3 aromatic rings. The molecule has 0 aliphatic heterocycles. The van der Waals surface area contributed by atoms with Crippen molar-refractivity contribution in [3.63, 3.8) is 0 Å². The Labute approximate surface area is 178 Å². The Bertz CT molecular complexity index is 1130. The summed E-state index contributed by atoms with van der Waals surface area (Å²) < 4.78 is 35.9. The third-order valence-corrected chi connectivity index (χ3v) is 4.59. The van der Waals surface area contributed by atoms with Gasteiger partial charge in [0.05, 0.1) is 11.9 Å². The van der Waals surface area contributed by atoms with E-state index in [-0.39, 0.29) is 23.5 Å². The van der Waals surface area contributed by atoms with Crippen molar-refractivity contribution in [1.82, 2.24) is 4.57 Å². The van der Waals surface area contributed by atoms with Gasteiger partial charge in [0, 0.05) is 16.6 Å². The molecule has 6 nitrogen and oxygen atoms in total. The van der Waals surface area contributed by atoms with Gasteiger partial charge in [-0.3, -0.25) is 14.2 Å². The number of aromatic hydroxyl groups is 1. The standard InChI is InChI=1S/C23H23F2NO5/c1-13-17(12-20(28)31-23(2,3)4)18-11-15(27)7-10-19(18)26(13)21(29)14-5-8-16(9-6-14)30-22(24)25/h5-11,22,27H,12H2,1-4H3. The number of hydrogen-bond acceptors (Lipinski definition) is 5. The fourth-order valence-electron chi connectivity index (χ4n) is 3.39. The number of ether oxygens (including phenoxy) is 2. The minimum atomic E-state index is -2.96. The summed E-state index contributed by atoms with van der Waals surface area (Å²) in [6, 6.07) is 9.87. The minimum Gasteiger partial charge on any atom is -0.508 e. The number of benzene rings is 2. The second-order valence-electron chi connectivity index (χ2n) is 8.07. The molecule has 164 valence electrons. The lowest BCUT2D eigenvalue weighted by atomic mass is 10.1. The molecular weight excluding hydrogens is 408 g/mol. The van der Waals surface area contributed by atoms with Crippen molar-refractivity contribution in [2.45, 2.75) is 46.3 Å². The van der Waals surface area contributed by atoms with Gasteiger partial charge in [-0.1, -0.05) is 0 Å². The maximum Gasteiger partial charge on any atom is 0.387 e. The molecule has 8 heteroatoms. The Morgan fingerprint density at radius 1 is 1.10 bits per heavy atom. The molecule has 0 radical (unpaired) electrons. The molecule has 0 aliphatic carbocycles. The van der Waals surface area contributed by atoms with Crippen molar-refractivity contribution in [3.05, 3.63) is 59.3 Å². The van der Waals surface area contributed by atoms with Gasteiger partial charge in [-0.2, -0.15) is 8.78 Å². The fraction of sp³-hybridized carbons (Fsp3) is 0.304. The quantitative estimate of drug-likeness (QED) is 0.586. The van der Waals surface area contributed by atoms with Gasteiger partial charge in [0.15, 0.2) is 0 Å². The van der Waals surface area contributed by atoms with Crippen LogP contribution >= 0.6 is 0 Å². The van der Waals surface area contributed by atoms with Crippen LogP contribution in [0.4, 0.5) is 8.78 Å². The summed E-state index contributed by atoms with van der Waals surface area (Å²) in [4.78, 5) is 25.7. The third kappa shape index (κ3) is 5.02. The molecule has 0 saturated carbocycles. The molecular formula is C23H23F2NO5. The number of nitrogens with zero attached hydrogens (tertiary/aromatic N) is 1. The minimum absolute atomic E-state index is 0.00367. The molecule has 0 spiro atoms. The Balaban J connectivity index is 2.03. The highest BCUT2D eigenvalue weighted by molar-refractivity contribution is 6.05. The van der Waals surface area contributed by atoms with E-state index in [4.69, 9.17) is 4.74 Å². The van der Waals surface area contributed by atoms with E-state index in [1.54, 1.807) is 33.8 Å². The molecule has 0 atom stereocenters. The zero-order chi connectivity index (χ0) is 22.9. The van der Waals surface area contributed by atoms with Crippen LogP contribution in [0.2, 0.25) is 0 Å². The average molecular weight is 431 g/mol. The summed E-state index contributed by atoms with van der Waals surface area (Å²) in [5.41, 5.74) is 1.17. The molecule has 31 heavy (non-hydrogen) atoms. The summed E-state index contributed by atoms with van der Waals surface area (Å²) in [5.74, 6) is -0.932. The first-order valence-corrected chi connectivity index (χ1v) is 9.60. The summed E-state index contributed by atoms with van der Waals surface area (Å²) in [7, 11) is 0. The number of hydrogen-bond donors (Lipinski definition) is 1. The number of carbonyl (C=O) groups is 2. The second-order valence-corrected chi connectivity index (χ2v) is 8.07. The van der Waals surface area contributed by atoms with E-state index in [1.165, 1.54) is 41.0 Å². The molecule has 0 fully saturated rings. The zero-order valence-electron chi connectivity index (χ0n) is 17.6. The number of rotatable bonds is 5. The van der Waals surface area contributed by atoms with Crippen molar-refractivity contribution < 1.29 is 33.0 Å². The largest absolute Gasteiger partial charge is 0.508 e. The maximum absolute atomic E-state index is 13.2. The van der Waals surface area contributed by atoms with E-state index in [0.29, 0.717) is 22.2 Å². The number of halogens is 2. The number of fused-ring (bicyclic) bond motifs is 1. The van der Waals surface area contributed by atoms with E-state index in [2.05, 4.69) is 4.74 Å². The Morgan fingerprint density at radius 2 is 1.74 bits per heavy atom. The number of esters is 1. The van der Waals surface area contributed by atoms with Crippen LogP contribution in [0.25, 0.3) is 10.9 Å². The van der Waals surface area contributed by atoms with E-state index < -0.39 is 24.1 Å². The van der Waals surface area contributed by atoms with Gasteiger partial charge in [-0.25, -0.2) is 0 Å². The highest BCUT2D eigenvalue weighted by Crippen LogP contribution is 2.31. The maximum atomic E-state index is 13.2. The van der Waals surface area contributed by atoms with Crippen molar-refractivity contribution >= 4 is 22.8 Å². The predicted molar refractivity (Wildman–Crippen MR) is 111 cm³/mol. The van der Waals surface area contributed by atoms with Crippen LogP contribution in [0.5, 0.6) is 11.5 Å². The highest BCUT2D eigenvalue weighted by atomic mass is 19.3. The first-order chi connectivity index (χ1) is 14.5. The van der Waals surface area contributed by atoms with Crippen molar-refractivity contribution in [1.29, 1.82) is 0 Å². The van der Waals surface area contributed by atoms with Crippen molar-refractivity contribution in [2.24, 2.45) is 0 Å². The van der Waals surface area contributed by atoms with Crippen LogP contribution in [-0.4, -0.2) is 33.8 Å². The molecule has 0 aliphatic rings. The van der Waals surface area contributed by atoms with E-state index in [0.717, 1.165) is 0 Å². The lowest BCUT2D eigenvalue weighted by molar-refractivity contribution is -0.153. The van der Waals surface area contributed by atoms with Gasteiger partial charge in [0.2, 0.25) is 0 Å². The van der Waals surface area contributed by atoms with E-state index >= 15 is 0 Å². The SMILES string of the molecule is Cc1c(CC(=O)OC(C)(C)C)c2cc(O)ccc2n1C(=O)c1ccc(OC(F)F)cc1. The smallest absolute Gasteiger partial charge is 0.387 e. The van der Waals surface area contributed by atoms with Gasteiger partial charge < -0.3 is 14.6 Å². The van der Waals surface area contributed by atoms with Crippen molar-refractivity contribution in [2.75, 3.05) is 0 Å². The number of alkyl halides is 2. The lowest BCUT2D eigenvalue weighted by Gasteiger charge is -2.19. The molecule has 0 saturated heterocycles. The van der Waals surface area contributed by atoms with E-state index in [9.17, 15) is 23.5 Å². The highest BCUT2D eigenvalue weighted by Gasteiger charge is 2.24. The lowest BCUT2D eigenvalue weighted by Crippen LogP contribution is -2.25. The third-order valence-electron chi connectivity index (χ3n) is 4.59. The predicted octanol–water partition coefficient (Wildman–Crippen LogP) is 4.83. The molecule has 0 bridgehead atoms. The van der Waals surface area contributed by atoms with Crippen LogP contribution in [0.1, 0.15) is 42.4 Å². The Hall–Kier alpha value is -3.42. The molecule has 1 aromatic heterocycles. The first kappa shape index (κ1) is 22.3. The average Bonchev–Trinajstić information content (AvgIpc) is 2.91. The van der Waals surface area contributed by atoms with E-state index in [1.807, 2.05) is 0 Å². The molecule has 3 rings (SSSR count). The van der Waals surface area contributed by atoms with Crippen molar-refractivity contribution in [3.8, 4) is 11.5 Å². The van der Waals surface area contributed by atoms with Crippen LogP contribution in [0, 0.1) is 6.92 Å². The second kappa shape index (κ2) is 8.37. The molecule has 0 amide bonds. The Morgan fingerprint density at radius 3 is 2.32 bits per heavy atom. The zero-order valence-corrected chi connectivity index (χ0v) is 17.6. The van der Waals surface area contributed by atoms with Crippen LogP contribution < -0.4 is 4.74 Å². The van der Waals surface area contributed by atoms with Gasteiger partial charge >= 0.3 is 12.6 Å². The topological polar surface area (TPSA) is 77.8 Å². The van der Waals surface area contributed by atoms with Crippen LogP contribution in [-0.2, 0) is 16.0 Å². The van der Waals surface area contributed by atoms with Gasteiger partial charge in [0.1, 0.15) is 17.1 Å². The monoisotopic (exact) mass is 431 g/mol. The van der Waals surface area contributed by atoms with Crippen LogP contribution in [0.15, 0.2) is 42.5 Å². The Kier molecular flexibility index (Phi) is 6.01. The normalized spacial score (nSPS) is 11.7. The molecule has 1 heterocycles. The summed E-state index contributed by atoms with van der Waals surface area (Å²) in [5, 5.41) is 10.5. The number of carbonyl (C=O) groups excluding carboxylic acids is 2. The number of aromatic nitrogens is 1. The fourth-order valence-corrected chi connectivity index (χ4v) is 3.39. The van der Waals surface area contributed by atoms with Gasteiger partial charge in [0.25, 0.3) is 5.91 Å². The summed E-state index contributed by atoms with van der Waals surface area (Å²) in [6.45, 7) is 4.02. The molecule has 2 aromatic carbocycles. The van der Waals surface area contributed by atoms with Gasteiger partial charge in [-0.15, -0.1) is 0 Å². The number of phenolic OH excluding ortho intramolecular Hbond substituents is 1. The summed E-state index contributed by atoms with van der Waals surface area (Å²) >= 11 is 0. The van der Waals surface area contributed by atoms with Gasteiger partial charge in [-0.05, 0) is 75.7 Å². The van der Waals surface area contributed by atoms with Crippen LogP contribution in [0.3, 0.4) is 0 Å². The summed E-state index contributed by atoms with van der Waals surface area (Å²) in [6.07, 6.45) is -0.0789. The molecule has 1 N–H and O–H groups in total. The number of phenols is 1. The first-order valence-electron chi connectivity index (χ1n) is 9.60.